The summed E-state index contributed by atoms with van der Waals surface area (Å²) in [5.74, 6) is -0.0672. The second-order valence-corrected chi connectivity index (χ2v) is 6.21. The van der Waals surface area contributed by atoms with Gasteiger partial charge in [0.2, 0.25) is 0 Å². The van der Waals surface area contributed by atoms with Crippen molar-refractivity contribution in [2.45, 2.75) is 6.29 Å². The Kier molecular flexibility index (Phi) is 4.00. The Morgan fingerprint density at radius 2 is 1.96 bits per heavy atom. The number of pyridine rings is 1. The Morgan fingerprint density at radius 1 is 1.22 bits per heavy atom. The normalized spacial score (nSPS) is 14.2. The lowest BCUT2D eigenvalue weighted by Gasteiger charge is -2.16. The standard InChI is InChI=1S/C18H12ClF2N3O3/c1-24(17(25)13-3-2-6-22-13)16-5-4-10(9-23-16)11-7-14-15(8-12(11)19)27-18(20,21)26-14/h2-9,22H,1H3. The summed E-state index contributed by atoms with van der Waals surface area (Å²) in [4.78, 5) is 20.8. The largest absolute Gasteiger partial charge is 0.586 e. The van der Waals surface area contributed by atoms with Gasteiger partial charge in [0.25, 0.3) is 5.91 Å². The molecular weight excluding hydrogens is 380 g/mol. The number of nitrogens with zero attached hydrogens (tertiary/aromatic N) is 2. The number of aromatic nitrogens is 2. The van der Waals surface area contributed by atoms with Gasteiger partial charge in [-0.3, -0.25) is 9.69 Å². The number of anilines is 1. The average molecular weight is 392 g/mol. The molecule has 0 spiro atoms. The number of hydrogen-bond donors (Lipinski definition) is 1. The molecule has 1 aromatic carbocycles. The number of amides is 1. The van der Waals surface area contributed by atoms with Crippen molar-refractivity contribution < 1.29 is 23.0 Å². The van der Waals surface area contributed by atoms with Gasteiger partial charge < -0.3 is 14.5 Å². The lowest BCUT2D eigenvalue weighted by Crippen LogP contribution is -2.27. The van der Waals surface area contributed by atoms with Crippen LogP contribution < -0.4 is 14.4 Å². The van der Waals surface area contributed by atoms with Gasteiger partial charge in [-0.05, 0) is 30.3 Å². The molecule has 1 aliphatic rings. The minimum absolute atomic E-state index is 0.109. The smallest absolute Gasteiger partial charge is 0.395 e. The Hall–Kier alpha value is -3.13. The Labute approximate surface area is 157 Å². The second kappa shape index (κ2) is 6.24. The van der Waals surface area contributed by atoms with Crippen molar-refractivity contribution >= 4 is 23.3 Å². The van der Waals surface area contributed by atoms with Crippen LogP contribution >= 0.6 is 11.6 Å². The quantitative estimate of drug-likeness (QED) is 0.721. The summed E-state index contributed by atoms with van der Waals surface area (Å²) < 4.78 is 35.2. The number of fused-ring (bicyclic) bond motifs is 1. The van der Waals surface area contributed by atoms with Crippen molar-refractivity contribution in [2.24, 2.45) is 0 Å². The van der Waals surface area contributed by atoms with Crippen molar-refractivity contribution in [2.75, 3.05) is 11.9 Å². The molecule has 3 heterocycles. The number of carbonyl (C=O) groups excluding carboxylic acids is 1. The molecule has 2 aromatic heterocycles. The zero-order valence-electron chi connectivity index (χ0n) is 13.9. The van der Waals surface area contributed by atoms with Crippen molar-refractivity contribution in [1.29, 1.82) is 0 Å². The van der Waals surface area contributed by atoms with Crippen LogP contribution in [0.1, 0.15) is 10.5 Å². The van der Waals surface area contributed by atoms with E-state index in [2.05, 4.69) is 19.4 Å². The molecule has 0 saturated carbocycles. The lowest BCUT2D eigenvalue weighted by atomic mass is 10.1. The molecule has 0 unspecified atom stereocenters. The molecule has 0 bridgehead atoms. The average Bonchev–Trinajstić information content (AvgIpc) is 3.26. The van der Waals surface area contributed by atoms with Crippen LogP contribution in [0.2, 0.25) is 5.02 Å². The van der Waals surface area contributed by atoms with Gasteiger partial charge in [-0.1, -0.05) is 11.6 Å². The summed E-state index contributed by atoms with van der Waals surface area (Å²) in [6, 6.07) is 9.33. The van der Waals surface area contributed by atoms with Crippen molar-refractivity contribution in [3.8, 4) is 22.6 Å². The molecule has 9 heteroatoms. The number of benzene rings is 1. The summed E-state index contributed by atoms with van der Waals surface area (Å²) in [6.07, 6.45) is -0.564. The molecular formula is C18H12ClF2N3O3. The van der Waals surface area contributed by atoms with E-state index >= 15 is 0 Å². The number of hydrogen-bond acceptors (Lipinski definition) is 4. The first-order valence-electron chi connectivity index (χ1n) is 7.81. The maximum atomic E-state index is 13.2. The first-order chi connectivity index (χ1) is 12.8. The summed E-state index contributed by atoms with van der Waals surface area (Å²) in [5, 5.41) is 0.209. The maximum absolute atomic E-state index is 13.2. The molecule has 1 amide bonds. The van der Waals surface area contributed by atoms with E-state index in [0.29, 0.717) is 22.6 Å². The van der Waals surface area contributed by atoms with Gasteiger partial charge in [0.15, 0.2) is 11.5 Å². The van der Waals surface area contributed by atoms with Gasteiger partial charge in [0.1, 0.15) is 11.5 Å². The molecule has 138 valence electrons. The first-order valence-corrected chi connectivity index (χ1v) is 8.19. The zero-order chi connectivity index (χ0) is 19.2. The molecule has 0 fully saturated rings. The third-order valence-electron chi connectivity index (χ3n) is 4.03. The first kappa shape index (κ1) is 17.3. The number of alkyl halides is 2. The van der Waals surface area contributed by atoms with E-state index < -0.39 is 6.29 Å². The summed E-state index contributed by atoms with van der Waals surface area (Å²) >= 11 is 6.18. The van der Waals surface area contributed by atoms with Crippen LogP contribution in [0.4, 0.5) is 14.6 Å². The van der Waals surface area contributed by atoms with Gasteiger partial charge in [-0.15, -0.1) is 8.78 Å². The van der Waals surface area contributed by atoms with E-state index in [4.69, 9.17) is 11.6 Å². The second-order valence-electron chi connectivity index (χ2n) is 5.80. The Balaban J connectivity index is 1.61. The number of aromatic amines is 1. The molecule has 1 aliphatic heterocycles. The van der Waals surface area contributed by atoms with E-state index in [1.54, 1.807) is 37.5 Å². The van der Waals surface area contributed by atoms with Gasteiger partial charge in [0.05, 0.1) is 5.02 Å². The molecule has 6 nitrogen and oxygen atoms in total. The predicted octanol–water partition coefficient (Wildman–Crippen LogP) is 4.33. The fourth-order valence-electron chi connectivity index (χ4n) is 2.68. The van der Waals surface area contributed by atoms with Crippen LogP contribution in [0, 0.1) is 0 Å². The molecule has 0 atom stereocenters. The Morgan fingerprint density at radius 3 is 2.59 bits per heavy atom. The van der Waals surface area contributed by atoms with E-state index in [0.717, 1.165) is 0 Å². The molecule has 3 aromatic rings. The number of nitrogens with one attached hydrogen (secondary N) is 1. The van der Waals surface area contributed by atoms with Crippen molar-refractivity contribution in [3.05, 3.63) is 59.5 Å². The predicted molar refractivity (Wildman–Crippen MR) is 94.4 cm³/mol. The molecule has 4 rings (SSSR count). The Bertz CT molecular complexity index is 1010. The number of carbonyl (C=O) groups is 1. The minimum Gasteiger partial charge on any atom is -0.395 e. The van der Waals surface area contributed by atoms with Crippen LogP contribution in [0.5, 0.6) is 11.5 Å². The molecule has 0 saturated heterocycles. The van der Waals surface area contributed by atoms with E-state index in [1.807, 2.05) is 0 Å². The number of rotatable bonds is 3. The fraction of sp³-hybridized carbons (Fsp3) is 0.111. The minimum atomic E-state index is -3.71. The zero-order valence-corrected chi connectivity index (χ0v) is 14.6. The van der Waals surface area contributed by atoms with Crippen molar-refractivity contribution in [1.82, 2.24) is 9.97 Å². The SMILES string of the molecule is CN(C(=O)c1ccc[nH]1)c1ccc(-c2cc3c(cc2Cl)OC(F)(F)O3)cn1. The summed E-state index contributed by atoms with van der Waals surface area (Å²) in [5.41, 5.74) is 1.46. The third-order valence-corrected chi connectivity index (χ3v) is 4.34. The molecule has 0 aliphatic carbocycles. The van der Waals surface area contributed by atoms with Gasteiger partial charge in [-0.2, -0.15) is 0 Å². The van der Waals surface area contributed by atoms with Crippen LogP contribution in [0.25, 0.3) is 11.1 Å². The monoisotopic (exact) mass is 391 g/mol. The molecule has 27 heavy (non-hydrogen) atoms. The highest BCUT2D eigenvalue weighted by Gasteiger charge is 2.43. The van der Waals surface area contributed by atoms with Crippen LogP contribution in [-0.2, 0) is 0 Å². The summed E-state index contributed by atoms with van der Waals surface area (Å²) in [7, 11) is 1.60. The van der Waals surface area contributed by atoms with Crippen LogP contribution in [0.15, 0.2) is 48.8 Å². The van der Waals surface area contributed by atoms with Gasteiger partial charge in [0, 0.05) is 36.6 Å². The van der Waals surface area contributed by atoms with E-state index in [9.17, 15) is 13.6 Å². The number of ether oxygens (including phenoxy) is 2. The molecule has 1 N–H and O–H groups in total. The van der Waals surface area contributed by atoms with Crippen LogP contribution in [-0.4, -0.2) is 29.2 Å². The van der Waals surface area contributed by atoms with Crippen LogP contribution in [0.3, 0.4) is 0 Å². The highest BCUT2D eigenvalue weighted by molar-refractivity contribution is 6.33. The number of H-pyrrole nitrogens is 1. The van der Waals surface area contributed by atoms with Gasteiger partial charge >= 0.3 is 6.29 Å². The van der Waals surface area contributed by atoms with E-state index in [1.165, 1.54) is 23.2 Å². The summed E-state index contributed by atoms with van der Waals surface area (Å²) in [6.45, 7) is 0. The third kappa shape index (κ3) is 3.19. The highest BCUT2D eigenvalue weighted by atomic mass is 35.5. The maximum Gasteiger partial charge on any atom is 0.586 e. The fourth-order valence-corrected chi connectivity index (χ4v) is 2.95. The number of halogens is 3. The highest BCUT2D eigenvalue weighted by Crippen LogP contribution is 2.46. The lowest BCUT2D eigenvalue weighted by molar-refractivity contribution is -0.286. The molecule has 0 radical (unpaired) electrons. The van der Waals surface area contributed by atoms with Gasteiger partial charge in [-0.25, -0.2) is 4.98 Å². The van der Waals surface area contributed by atoms with E-state index in [-0.39, 0.29) is 22.4 Å². The topological polar surface area (TPSA) is 67.5 Å². The van der Waals surface area contributed by atoms with Crippen molar-refractivity contribution in [3.63, 3.8) is 0 Å².